The van der Waals surface area contributed by atoms with Crippen LogP contribution in [0, 0.1) is 22.1 Å². The van der Waals surface area contributed by atoms with Crippen molar-refractivity contribution in [1.82, 2.24) is 5.32 Å². The van der Waals surface area contributed by atoms with Crippen LogP contribution in [0.5, 0.6) is 0 Å². The lowest BCUT2D eigenvalue weighted by Crippen LogP contribution is -2.39. The Labute approximate surface area is 86.7 Å². The second-order valence-corrected chi connectivity index (χ2v) is 2.73. The van der Waals surface area contributed by atoms with E-state index in [0.29, 0.717) is 11.3 Å². The maximum absolute atomic E-state index is 8.56. The number of nitrogens with one attached hydrogen (secondary N) is 4. The number of benzene rings is 1. The third-order valence-electron chi connectivity index (χ3n) is 1.54. The van der Waals surface area contributed by atoms with Gasteiger partial charge in [0.2, 0.25) is 0 Å². The Bertz CT molecular complexity index is 413. The highest BCUT2D eigenvalue weighted by Crippen LogP contribution is 2.07. The van der Waals surface area contributed by atoms with Gasteiger partial charge in [0.25, 0.3) is 0 Å². The van der Waals surface area contributed by atoms with Gasteiger partial charge in [-0.2, -0.15) is 5.26 Å². The molecule has 1 rings (SSSR count). The molecule has 0 unspecified atom stereocenters. The molecule has 0 bridgehead atoms. The molecule has 76 valence electrons. The van der Waals surface area contributed by atoms with Gasteiger partial charge in [-0.3, -0.25) is 16.1 Å². The lowest BCUT2D eigenvalue weighted by Gasteiger charge is -2.08. The Morgan fingerprint density at radius 3 is 2.33 bits per heavy atom. The highest BCUT2D eigenvalue weighted by molar-refractivity contribution is 6.02. The van der Waals surface area contributed by atoms with Crippen molar-refractivity contribution in [3.63, 3.8) is 0 Å². The third kappa shape index (κ3) is 3.36. The summed E-state index contributed by atoms with van der Waals surface area (Å²) in [7, 11) is 0. The van der Waals surface area contributed by atoms with Gasteiger partial charge in [0.05, 0.1) is 11.6 Å². The smallest absolute Gasteiger partial charge is 0.199 e. The zero-order valence-corrected chi connectivity index (χ0v) is 7.83. The Kier molecular flexibility index (Phi) is 3.24. The normalized spacial score (nSPS) is 8.73. The summed E-state index contributed by atoms with van der Waals surface area (Å²) in [6.07, 6.45) is 0. The first-order valence-electron chi connectivity index (χ1n) is 4.08. The summed E-state index contributed by atoms with van der Waals surface area (Å²) >= 11 is 0. The molecule has 0 aliphatic carbocycles. The van der Waals surface area contributed by atoms with Gasteiger partial charge in [-0.1, -0.05) is 0 Å². The minimum Gasteiger partial charge on any atom is -0.370 e. The van der Waals surface area contributed by atoms with Crippen LogP contribution < -0.4 is 16.4 Å². The molecule has 6 nitrogen and oxygen atoms in total. The molecule has 1 aromatic rings. The summed E-state index contributed by atoms with van der Waals surface area (Å²) in [6.45, 7) is 0. The highest BCUT2D eigenvalue weighted by atomic mass is 15.2. The fourth-order valence-electron chi connectivity index (χ4n) is 0.938. The number of nitriles is 1. The van der Waals surface area contributed by atoms with Crippen molar-refractivity contribution in [2.45, 2.75) is 0 Å². The summed E-state index contributed by atoms with van der Waals surface area (Å²) in [5, 5.41) is 27.8. The second kappa shape index (κ2) is 4.62. The molecule has 0 aromatic heterocycles. The standard InChI is InChI=1S/C9H10N6/c10-5-6-1-3-7(4-2-6)14-9(13)15-8(11)12/h1-4H,(H6,11,12,13,14,15). The molecule has 6 N–H and O–H groups in total. The quantitative estimate of drug-likeness (QED) is 0.334. The molecule has 0 aliphatic rings. The zero-order chi connectivity index (χ0) is 11.3. The maximum atomic E-state index is 8.56. The fourth-order valence-corrected chi connectivity index (χ4v) is 0.938. The minimum absolute atomic E-state index is 0.0905. The third-order valence-corrected chi connectivity index (χ3v) is 1.54. The van der Waals surface area contributed by atoms with E-state index in [1.165, 1.54) is 0 Å². The van der Waals surface area contributed by atoms with E-state index in [9.17, 15) is 0 Å². The molecule has 0 fully saturated rings. The Morgan fingerprint density at radius 1 is 1.27 bits per heavy atom. The Balaban J connectivity index is 2.62. The molecule has 0 saturated heterocycles. The van der Waals surface area contributed by atoms with Gasteiger partial charge in [-0.05, 0) is 24.3 Å². The van der Waals surface area contributed by atoms with E-state index in [0.717, 1.165) is 0 Å². The molecule has 0 atom stereocenters. The monoisotopic (exact) mass is 202 g/mol. The van der Waals surface area contributed by atoms with E-state index >= 15 is 0 Å². The molecular formula is C9H10N6. The largest absolute Gasteiger partial charge is 0.370 e. The summed E-state index contributed by atoms with van der Waals surface area (Å²) in [4.78, 5) is 0. The van der Waals surface area contributed by atoms with Crippen LogP contribution in [-0.4, -0.2) is 11.9 Å². The van der Waals surface area contributed by atoms with Crippen LogP contribution in [0.15, 0.2) is 24.3 Å². The Hall–Kier alpha value is -2.55. The topological polar surface area (TPSA) is 122 Å². The van der Waals surface area contributed by atoms with Gasteiger partial charge < -0.3 is 11.1 Å². The first kappa shape index (κ1) is 10.5. The van der Waals surface area contributed by atoms with Gasteiger partial charge >= 0.3 is 0 Å². The summed E-state index contributed by atoms with van der Waals surface area (Å²) in [5.74, 6) is -0.395. The summed E-state index contributed by atoms with van der Waals surface area (Å²) < 4.78 is 0. The van der Waals surface area contributed by atoms with E-state index in [1.54, 1.807) is 24.3 Å². The van der Waals surface area contributed by atoms with Crippen LogP contribution in [0.1, 0.15) is 5.56 Å². The van der Waals surface area contributed by atoms with Crippen molar-refractivity contribution in [3.05, 3.63) is 29.8 Å². The van der Waals surface area contributed by atoms with E-state index in [4.69, 9.17) is 21.8 Å². The van der Waals surface area contributed by atoms with Crippen LogP contribution in [0.3, 0.4) is 0 Å². The van der Waals surface area contributed by atoms with Gasteiger partial charge in [0.1, 0.15) is 0 Å². The molecule has 1 aromatic carbocycles. The van der Waals surface area contributed by atoms with E-state index in [1.807, 2.05) is 6.07 Å². The molecular weight excluding hydrogens is 192 g/mol. The Morgan fingerprint density at radius 2 is 1.87 bits per heavy atom. The van der Waals surface area contributed by atoms with Gasteiger partial charge in [-0.15, -0.1) is 0 Å². The van der Waals surface area contributed by atoms with E-state index < -0.39 is 0 Å². The number of rotatable bonds is 1. The molecule has 15 heavy (non-hydrogen) atoms. The molecule has 0 saturated carbocycles. The summed E-state index contributed by atoms with van der Waals surface area (Å²) in [6, 6.07) is 8.57. The molecule has 6 heteroatoms. The maximum Gasteiger partial charge on any atom is 0.199 e. The highest BCUT2D eigenvalue weighted by Gasteiger charge is 1.98. The minimum atomic E-state index is -0.304. The average molecular weight is 202 g/mol. The molecule has 0 heterocycles. The number of anilines is 1. The first-order chi connectivity index (χ1) is 7.11. The zero-order valence-electron chi connectivity index (χ0n) is 7.83. The van der Waals surface area contributed by atoms with Crippen molar-refractivity contribution in [2.24, 2.45) is 5.73 Å². The van der Waals surface area contributed by atoms with Crippen molar-refractivity contribution in [2.75, 3.05) is 5.32 Å². The summed E-state index contributed by atoms with van der Waals surface area (Å²) in [5.41, 5.74) is 6.23. The SMILES string of the molecule is N#Cc1ccc(NC(=N)NC(=N)N)cc1. The number of nitrogens with two attached hydrogens (primary N) is 1. The van der Waals surface area contributed by atoms with Gasteiger partial charge in [-0.25, -0.2) is 0 Å². The van der Waals surface area contributed by atoms with Gasteiger partial charge in [0.15, 0.2) is 11.9 Å². The van der Waals surface area contributed by atoms with Crippen molar-refractivity contribution < 1.29 is 0 Å². The predicted molar refractivity (Wildman–Crippen MR) is 57.6 cm³/mol. The average Bonchev–Trinajstić information content (AvgIpc) is 2.17. The predicted octanol–water partition coefficient (Wildman–Crippen LogP) is 0.388. The fraction of sp³-hybridized carbons (Fsp3) is 0. The molecule has 0 amide bonds. The second-order valence-electron chi connectivity index (χ2n) is 2.73. The van der Waals surface area contributed by atoms with Crippen molar-refractivity contribution in [1.29, 1.82) is 16.1 Å². The number of hydrogen-bond acceptors (Lipinski definition) is 3. The molecule has 0 spiro atoms. The number of nitrogens with zero attached hydrogens (tertiary/aromatic N) is 1. The molecule has 0 radical (unpaired) electrons. The first-order valence-corrected chi connectivity index (χ1v) is 4.08. The van der Waals surface area contributed by atoms with Crippen molar-refractivity contribution >= 4 is 17.6 Å². The lowest BCUT2D eigenvalue weighted by atomic mass is 10.2. The van der Waals surface area contributed by atoms with E-state index in [-0.39, 0.29) is 11.9 Å². The van der Waals surface area contributed by atoms with Crippen LogP contribution in [0.25, 0.3) is 0 Å². The van der Waals surface area contributed by atoms with E-state index in [2.05, 4.69) is 10.6 Å². The van der Waals surface area contributed by atoms with Crippen LogP contribution in [-0.2, 0) is 0 Å². The number of hydrogen-bond donors (Lipinski definition) is 5. The van der Waals surface area contributed by atoms with Crippen LogP contribution in [0.2, 0.25) is 0 Å². The van der Waals surface area contributed by atoms with Crippen molar-refractivity contribution in [3.8, 4) is 6.07 Å². The van der Waals surface area contributed by atoms with Crippen LogP contribution in [0.4, 0.5) is 5.69 Å². The number of guanidine groups is 2. The lowest BCUT2D eigenvalue weighted by molar-refractivity contribution is 1.20. The molecule has 0 aliphatic heterocycles. The van der Waals surface area contributed by atoms with Gasteiger partial charge in [0, 0.05) is 5.69 Å². The van der Waals surface area contributed by atoms with Crippen LogP contribution >= 0.6 is 0 Å².